The number of allylic oxidation sites excluding steroid dienone is 5. The van der Waals surface area contributed by atoms with Crippen molar-refractivity contribution in [2.24, 2.45) is 11.7 Å². The molecule has 1 aromatic carbocycles. The molecule has 0 spiro atoms. The molecule has 0 aliphatic heterocycles. The molecule has 0 radical (unpaired) electrons. The molecular formula is C33H40CsF5N2O4. The predicted octanol–water partition coefficient (Wildman–Crippen LogP) is 5.07. The van der Waals surface area contributed by atoms with Crippen LogP contribution in [0.2, 0.25) is 0 Å². The second-order valence-electron chi connectivity index (χ2n) is 11.0. The van der Waals surface area contributed by atoms with Gasteiger partial charge in [-0.3, -0.25) is 14.4 Å². The van der Waals surface area contributed by atoms with Crippen molar-refractivity contribution >= 4 is 17.4 Å². The number of nitrogens with zero attached hydrogens (tertiary/aromatic N) is 1. The molecule has 1 aliphatic rings. The van der Waals surface area contributed by atoms with Gasteiger partial charge in [0.05, 0.1) is 6.42 Å². The van der Waals surface area contributed by atoms with E-state index in [0.29, 0.717) is 35.5 Å². The minimum atomic E-state index is -4.81. The molecule has 3 N–H and O–H groups in total. The first-order chi connectivity index (χ1) is 19.9. The van der Waals surface area contributed by atoms with Gasteiger partial charge >= 0.3 is 81.0 Å². The molecule has 1 heterocycles. The Morgan fingerprint density at radius 3 is 2.09 bits per heavy atom. The molecule has 1 aromatic heterocycles. The molecule has 1 fully saturated rings. The number of rotatable bonds is 11. The van der Waals surface area contributed by atoms with Gasteiger partial charge in [0.1, 0.15) is 11.9 Å². The van der Waals surface area contributed by atoms with Gasteiger partial charge in [0.15, 0.2) is 5.83 Å². The van der Waals surface area contributed by atoms with Crippen LogP contribution in [0.25, 0.3) is 5.57 Å². The van der Waals surface area contributed by atoms with E-state index in [1.807, 2.05) is 13.8 Å². The van der Waals surface area contributed by atoms with E-state index >= 15 is 0 Å². The number of carboxylic acids is 1. The summed E-state index contributed by atoms with van der Waals surface area (Å²) in [5, 5.41) is 8.64. The third-order valence-corrected chi connectivity index (χ3v) is 6.80. The maximum Gasteiger partial charge on any atom is 1.00 e. The molecule has 242 valence electrons. The Bertz CT molecular complexity index is 1450. The fraction of sp³-hybridized carbons (Fsp3) is 0.394. The third kappa shape index (κ3) is 13.4. The fourth-order valence-corrected chi connectivity index (χ4v) is 4.56. The number of aromatic nitrogens is 1. The van der Waals surface area contributed by atoms with Gasteiger partial charge < -0.3 is 22.8 Å². The SMILES string of the molecule is C=C(/C=C(\C(F)=C(/F)CCC(=O)O)c1c(C)cc(C2CC2)cc1C)C(F)(F)F.CC(C)CC(C(N)=O)n1ccccc1=O.[CH3-].[Cs+]. The van der Waals surface area contributed by atoms with E-state index in [0.717, 1.165) is 18.4 Å². The molecule has 0 saturated heterocycles. The van der Waals surface area contributed by atoms with Crippen LogP contribution in [-0.4, -0.2) is 27.7 Å². The summed E-state index contributed by atoms with van der Waals surface area (Å²) in [5.41, 5.74) is 5.39. The van der Waals surface area contributed by atoms with Crippen LogP contribution in [0.3, 0.4) is 0 Å². The van der Waals surface area contributed by atoms with Gasteiger partial charge in [0.2, 0.25) is 5.91 Å². The van der Waals surface area contributed by atoms with Gasteiger partial charge in [0.25, 0.3) is 5.56 Å². The summed E-state index contributed by atoms with van der Waals surface area (Å²) >= 11 is 0. The molecule has 6 nitrogen and oxygen atoms in total. The van der Waals surface area contributed by atoms with Crippen molar-refractivity contribution in [2.45, 2.75) is 77.9 Å². The van der Waals surface area contributed by atoms with Crippen molar-refractivity contribution in [3.05, 3.63) is 106 Å². The Hall–Kier alpha value is -1.97. The van der Waals surface area contributed by atoms with Gasteiger partial charge in [-0.25, -0.2) is 8.78 Å². The van der Waals surface area contributed by atoms with Crippen molar-refractivity contribution in [3.8, 4) is 0 Å². The minimum Gasteiger partial charge on any atom is -0.481 e. The normalized spacial score (nSPS) is 14.2. The van der Waals surface area contributed by atoms with Gasteiger partial charge in [-0.05, 0) is 79.3 Å². The van der Waals surface area contributed by atoms with Gasteiger partial charge in [-0.15, -0.1) is 0 Å². The van der Waals surface area contributed by atoms with E-state index in [1.54, 1.807) is 44.3 Å². The number of nitrogens with two attached hydrogens (primary N) is 1. The van der Waals surface area contributed by atoms with Crippen LogP contribution < -0.4 is 80.2 Å². The number of aryl methyl sites for hydroxylation is 2. The monoisotopic (exact) mass is 756 g/mol. The summed E-state index contributed by atoms with van der Waals surface area (Å²) in [7, 11) is 0. The zero-order valence-electron chi connectivity index (χ0n) is 26.6. The third-order valence-electron chi connectivity index (χ3n) is 6.80. The standard InChI is InChI=1S/C21H21F5O2.C11H16N2O2.CH3.Cs/c1-11-8-15(14-4-5-14)9-12(2)19(11)16(10-13(3)21(24,25)26)20(23)17(22)6-7-18(27)28;1-8(2)7-9(11(12)15)13-6-4-3-5-10(13)14;;/h8-10,14H,3-7H2,1-2H3,(H,27,28);3-6,8-9H,7H2,1-2H3,(H2,12,15);1H3;/q;;-1;+1/b16-10-,20-17+;;;. The molecule has 1 unspecified atom stereocenters. The Morgan fingerprint density at radius 1 is 1.11 bits per heavy atom. The van der Waals surface area contributed by atoms with Crippen LogP contribution in [0.4, 0.5) is 22.0 Å². The number of carboxylic acid groups (broad SMARTS) is 1. The Kier molecular flexibility index (Phi) is 18.2. The Balaban J connectivity index is 0.000000971. The second kappa shape index (κ2) is 19.0. The zero-order chi connectivity index (χ0) is 32.6. The topological polar surface area (TPSA) is 102 Å². The van der Waals surface area contributed by atoms with Crippen molar-refractivity contribution in [2.75, 3.05) is 0 Å². The number of aliphatic carboxylic acids is 1. The van der Waals surface area contributed by atoms with E-state index in [4.69, 9.17) is 10.8 Å². The number of alkyl halides is 3. The van der Waals surface area contributed by atoms with Crippen molar-refractivity contribution in [3.63, 3.8) is 0 Å². The number of halogens is 5. The molecule has 3 rings (SSSR count). The smallest absolute Gasteiger partial charge is 0.481 e. The number of carbonyl (C=O) groups excluding carboxylic acids is 1. The summed E-state index contributed by atoms with van der Waals surface area (Å²) in [6.07, 6.45) is -1.55. The number of benzene rings is 1. The first kappa shape index (κ1) is 43.0. The molecule has 2 aromatic rings. The van der Waals surface area contributed by atoms with Crippen LogP contribution >= 0.6 is 0 Å². The van der Waals surface area contributed by atoms with Gasteiger partial charge in [-0.1, -0.05) is 38.6 Å². The van der Waals surface area contributed by atoms with Gasteiger partial charge in [-0.2, -0.15) is 13.2 Å². The number of pyridine rings is 1. The van der Waals surface area contributed by atoms with E-state index in [-0.39, 0.29) is 87.4 Å². The number of amides is 1. The van der Waals surface area contributed by atoms with Crippen LogP contribution in [-0.2, 0) is 9.59 Å². The molecule has 1 aliphatic carbocycles. The maximum absolute atomic E-state index is 14.8. The average Bonchev–Trinajstić information content (AvgIpc) is 3.74. The number of hydrogen-bond acceptors (Lipinski definition) is 3. The quantitative estimate of drug-likeness (QED) is 0.190. The number of primary amides is 1. The van der Waals surface area contributed by atoms with Crippen LogP contribution in [0.5, 0.6) is 0 Å². The van der Waals surface area contributed by atoms with E-state index in [1.165, 1.54) is 10.6 Å². The van der Waals surface area contributed by atoms with Crippen LogP contribution in [0, 0.1) is 27.2 Å². The molecule has 45 heavy (non-hydrogen) atoms. The Labute approximate surface area is 320 Å². The van der Waals surface area contributed by atoms with E-state index in [9.17, 15) is 36.3 Å². The average molecular weight is 757 g/mol. The molecule has 0 bridgehead atoms. The molecule has 1 atom stereocenters. The summed E-state index contributed by atoms with van der Waals surface area (Å²) in [6, 6.07) is 7.79. The minimum absolute atomic E-state index is 0. The summed E-state index contributed by atoms with van der Waals surface area (Å²) in [5.74, 6) is -4.01. The summed E-state index contributed by atoms with van der Waals surface area (Å²) in [4.78, 5) is 33.4. The van der Waals surface area contributed by atoms with E-state index < -0.39 is 59.7 Å². The van der Waals surface area contributed by atoms with Crippen molar-refractivity contribution in [1.82, 2.24) is 4.57 Å². The molecule has 1 amide bonds. The molecule has 1 saturated carbocycles. The largest absolute Gasteiger partial charge is 1.00 e. The van der Waals surface area contributed by atoms with Gasteiger partial charge in [0, 0.05) is 29.8 Å². The number of hydrogen-bond donors (Lipinski definition) is 2. The number of carbonyl (C=O) groups is 2. The first-order valence-corrected chi connectivity index (χ1v) is 13.8. The van der Waals surface area contributed by atoms with Crippen molar-refractivity contribution < 1.29 is 106 Å². The predicted molar refractivity (Wildman–Crippen MR) is 162 cm³/mol. The first-order valence-electron chi connectivity index (χ1n) is 13.8. The zero-order valence-corrected chi connectivity index (χ0v) is 32.9. The molecule has 12 heteroatoms. The summed E-state index contributed by atoms with van der Waals surface area (Å²) in [6.45, 7) is 10.1. The second-order valence-corrected chi connectivity index (χ2v) is 11.0. The molecular weight excluding hydrogens is 716 g/mol. The Morgan fingerprint density at radius 2 is 1.67 bits per heavy atom. The van der Waals surface area contributed by atoms with Crippen LogP contribution in [0.1, 0.15) is 80.2 Å². The maximum atomic E-state index is 14.8. The van der Waals surface area contributed by atoms with Crippen molar-refractivity contribution in [1.29, 1.82) is 0 Å². The fourth-order valence-electron chi connectivity index (χ4n) is 4.56. The van der Waals surface area contributed by atoms with E-state index in [2.05, 4.69) is 6.58 Å². The van der Waals surface area contributed by atoms with Crippen LogP contribution in [0.15, 0.2) is 71.2 Å². The summed E-state index contributed by atoms with van der Waals surface area (Å²) < 4.78 is 69.3.